The molecule has 0 fully saturated rings. The minimum Gasteiger partial charge on any atom is -0.502 e. The third kappa shape index (κ3) is 6.09. The van der Waals surface area contributed by atoms with Gasteiger partial charge in [0.05, 0.1) is 39.1 Å². The molecule has 0 spiro atoms. The Balaban J connectivity index is 1.05. The van der Waals surface area contributed by atoms with Gasteiger partial charge in [-0.15, -0.1) is 0 Å². The number of allylic oxidation sites excluding steroid dienone is 2. The number of ether oxygens (including phenoxy) is 5. The number of hydrogen-bond donors (Lipinski definition) is 6. The predicted molar refractivity (Wildman–Crippen MR) is 216 cm³/mol. The van der Waals surface area contributed by atoms with E-state index in [9.17, 15) is 20.4 Å². The number of aromatic hydroxyl groups is 1. The lowest BCUT2D eigenvalue weighted by Gasteiger charge is -2.47. The van der Waals surface area contributed by atoms with Crippen molar-refractivity contribution in [2.24, 2.45) is 11.8 Å². The van der Waals surface area contributed by atoms with Gasteiger partial charge in [0.15, 0.2) is 17.7 Å². The van der Waals surface area contributed by atoms with Crippen molar-refractivity contribution in [3.8, 4) is 45.6 Å². The van der Waals surface area contributed by atoms with Gasteiger partial charge in [0.25, 0.3) is 0 Å². The number of aliphatic hydroxyl groups excluding tert-OH is 3. The number of fused-ring (bicyclic) bond motifs is 6. The summed E-state index contributed by atoms with van der Waals surface area (Å²) in [4.78, 5) is 0. The van der Waals surface area contributed by atoms with Crippen LogP contribution in [0.15, 0.2) is 60.7 Å². The summed E-state index contributed by atoms with van der Waals surface area (Å²) in [5.41, 5.74) is 9.04. The smallest absolute Gasteiger partial charge is 0.200 e. The Labute approximate surface area is 333 Å². The van der Waals surface area contributed by atoms with E-state index in [1.807, 2.05) is 19.1 Å². The minimum absolute atomic E-state index is 0.0490. The summed E-state index contributed by atoms with van der Waals surface area (Å²) >= 11 is 0. The lowest BCUT2D eigenvalue weighted by molar-refractivity contribution is 0.0874. The van der Waals surface area contributed by atoms with E-state index < -0.39 is 18.2 Å². The van der Waals surface area contributed by atoms with Gasteiger partial charge in [-0.1, -0.05) is 50.3 Å². The number of phenols is 1. The number of methoxy groups -OCH3 is 2. The Morgan fingerprint density at radius 2 is 1.74 bits per heavy atom. The lowest BCUT2D eigenvalue weighted by atomic mass is 9.57. The van der Waals surface area contributed by atoms with Crippen LogP contribution in [-0.4, -0.2) is 67.7 Å². The molecule has 6 N–H and O–H groups in total. The second kappa shape index (κ2) is 14.8. The summed E-state index contributed by atoms with van der Waals surface area (Å²) in [6, 6.07) is 15.8. The van der Waals surface area contributed by atoms with Crippen LogP contribution in [0, 0.1) is 11.8 Å². The van der Waals surface area contributed by atoms with Gasteiger partial charge in [0.2, 0.25) is 5.75 Å². The predicted octanol–water partition coefficient (Wildman–Crippen LogP) is 6.76. The van der Waals surface area contributed by atoms with Crippen LogP contribution in [-0.2, 0) is 18.3 Å². The number of benzene rings is 4. The van der Waals surface area contributed by atoms with Gasteiger partial charge in [-0.05, 0) is 83.9 Å². The van der Waals surface area contributed by atoms with Crippen LogP contribution in [0.4, 0.5) is 5.69 Å². The van der Waals surface area contributed by atoms with Crippen molar-refractivity contribution >= 4 is 5.69 Å². The van der Waals surface area contributed by atoms with Gasteiger partial charge >= 0.3 is 0 Å². The number of rotatable bonds is 12. The van der Waals surface area contributed by atoms with Crippen molar-refractivity contribution in [1.29, 1.82) is 0 Å². The molecule has 0 unspecified atom stereocenters. The first kappa shape index (κ1) is 37.6. The zero-order valence-electron chi connectivity index (χ0n) is 32.9. The van der Waals surface area contributed by atoms with Crippen molar-refractivity contribution in [2.45, 2.75) is 69.1 Å². The van der Waals surface area contributed by atoms with Gasteiger partial charge in [0.1, 0.15) is 24.0 Å². The number of nitrogens with one attached hydrogen (secondary N) is 2. The summed E-state index contributed by atoms with van der Waals surface area (Å²) < 4.78 is 30.5. The van der Waals surface area contributed by atoms with Gasteiger partial charge in [-0.3, -0.25) is 5.32 Å². The van der Waals surface area contributed by atoms with Crippen molar-refractivity contribution < 1.29 is 44.1 Å². The van der Waals surface area contributed by atoms with Crippen molar-refractivity contribution in [3.05, 3.63) is 99.6 Å². The van der Waals surface area contributed by atoms with E-state index in [0.29, 0.717) is 46.8 Å². The minimum atomic E-state index is -1.03. The molecule has 0 amide bonds. The van der Waals surface area contributed by atoms with Crippen molar-refractivity contribution in [3.63, 3.8) is 0 Å². The highest BCUT2D eigenvalue weighted by atomic mass is 16.5. The summed E-state index contributed by atoms with van der Waals surface area (Å²) in [5, 5.41) is 52.5. The molecule has 2 heterocycles. The average Bonchev–Trinajstić information content (AvgIpc) is 3.21. The highest BCUT2D eigenvalue weighted by Crippen LogP contribution is 2.58. The van der Waals surface area contributed by atoms with Gasteiger partial charge in [-0.2, -0.15) is 0 Å². The molecule has 7 atom stereocenters. The highest BCUT2D eigenvalue weighted by Gasteiger charge is 2.45. The summed E-state index contributed by atoms with van der Waals surface area (Å²) in [6.45, 7) is 5.57. The molecule has 9 rings (SSSR count). The van der Waals surface area contributed by atoms with E-state index in [4.69, 9.17) is 23.7 Å². The van der Waals surface area contributed by atoms with Crippen molar-refractivity contribution in [2.75, 3.05) is 52.6 Å². The molecule has 4 aromatic carbocycles. The second-order valence-corrected chi connectivity index (χ2v) is 16.3. The van der Waals surface area contributed by atoms with Crippen molar-refractivity contribution in [1.82, 2.24) is 5.32 Å². The molecular weight excluding hydrogens is 725 g/mol. The van der Waals surface area contributed by atoms with Crippen LogP contribution in [0.25, 0.3) is 11.1 Å². The fourth-order valence-corrected chi connectivity index (χ4v) is 10.4. The Morgan fingerprint density at radius 1 is 0.947 bits per heavy atom. The van der Waals surface area contributed by atoms with Crippen LogP contribution in [0.3, 0.4) is 0 Å². The zero-order valence-corrected chi connectivity index (χ0v) is 32.9. The largest absolute Gasteiger partial charge is 0.502 e. The first-order valence-corrected chi connectivity index (χ1v) is 20.1. The molecule has 11 heteroatoms. The normalized spacial score (nSPS) is 25.2. The molecule has 4 aromatic rings. The maximum Gasteiger partial charge on any atom is 0.200 e. The van der Waals surface area contributed by atoms with Gasteiger partial charge in [-0.25, -0.2) is 0 Å². The van der Waals surface area contributed by atoms with E-state index in [0.717, 1.165) is 47.3 Å². The van der Waals surface area contributed by atoms with Crippen LogP contribution in [0.5, 0.6) is 34.5 Å². The molecular formula is C46H52N2O9. The Kier molecular flexibility index (Phi) is 9.75. The summed E-state index contributed by atoms with van der Waals surface area (Å²) in [5.74, 6) is 1.60. The topological polar surface area (TPSA) is 151 Å². The number of hydrogen-bond acceptors (Lipinski definition) is 11. The average molecular weight is 777 g/mol. The maximum atomic E-state index is 12.4. The van der Waals surface area contributed by atoms with Gasteiger partial charge in [0, 0.05) is 58.5 Å². The summed E-state index contributed by atoms with van der Waals surface area (Å²) in [7, 11) is 3.13. The molecule has 300 valence electrons. The third-order valence-corrected chi connectivity index (χ3v) is 13.1. The molecule has 57 heavy (non-hydrogen) atoms. The standard InChI is InChI=1S/C46H52N2O9/c1-5-47-23-57-35-18-33(53-3)28-12-13-29-39-32(48-45(52)42(35)41(28)39)17-34-40(29)43(50)30(22-56-34)25-15-36(54-4)44(51)37(16-25)55-21-26(20-49)38-24-9-8-14-46(2,19-24)31-11-7-6-10-27(31)38/h6-11,15-18,24,26,30,38,43,45,47-52H,5,12-14,19-23H2,1-4H3/t24-,26+,30+,38+,43+,45-,46-/m1/s1. The fraction of sp³-hybridized carbons (Fsp3) is 0.435. The van der Waals surface area contributed by atoms with Gasteiger partial charge < -0.3 is 49.4 Å². The molecule has 3 aliphatic carbocycles. The molecule has 0 saturated heterocycles. The Hall–Kier alpha value is -4.94. The monoisotopic (exact) mass is 776 g/mol. The molecule has 0 aromatic heterocycles. The van der Waals surface area contributed by atoms with E-state index in [-0.39, 0.29) is 67.0 Å². The summed E-state index contributed by atoms with van der Waals surface area (Å²) in [6.07, 6.45) is 5.82. The fourth-order valence-electron chi connectivity index (χ4n) is 10.4. The van der Waals surface area contributed by atoms with Crippen LogP contribution >= 0.6 is 0 Å². The zero-order chi connectivity index (χ0) is 39.6. The number of phenolic OH excluding ortho intramolecular Hbond substituents is 1. The SMILES string of the molecule is CCNCOc1cc(OC)c2c3c1[C@@H](O)Nc1cc4c(c(c1-3)CC2)[C@@H](O)[C@H](c1cc(OC)c(O)c(OC[C@H](CO)[C@H]2c3ccccc3[C@]3(C)CC=C[C@@H]2C3)c1)CO4. The van der Waals surface area contributed by atoms with E-state index in [2.05, 4.69) is 54.0 Å². The Bertz CT molecular complexity index is 2240. The van der Waals surface area contributed by atoms with E-state index >= 15 is 0 Å². The van der Waals surface area contributed by atoms with E-state index in [1.165, 1.54) is 18.2 Å². The lowest BCUT2D eigenvalue weighted by Crippen LogP contribution is -2.40. The number of aliphatic hydroxyl groups is 3. The molecule has 2 bridgehead atoms. The quantitative estimate of drug-likeness (QED) is 0.0515. The first-order valence-electron chi connectivity index (χ1n) is 20.1. The molecule has 5 aliphatic rings. The molecule has 2 aliphatic heterocycles. The third-order valence-electron chi connectivity index (χ3n) is 13.1. The maximum absolute atomic E-state index is 12.4. The molecule has 0 radical (unpaired) electrons. The van der Waals surface area contributed by atoms with Crippen LogP contribution < -0.4 is 34.3 Å². The second-order valence-electron chi connectivity index (χ2n) is 16.3. The van der Waals surface area contributed by atoms with E-state index in [1.54, 1.807) is 19.2 Å². The molecule has 11 nitrogen and oxygen atoms in total. The molecule has 0 saturated carbocycles. The number of anilines is 1. The highest BCUT2D eigenvalue weighted by molar-refractivity contribution is 5.93. The first-order chi connectivity index (χ1) is 27.7. The Morgan fingerprint density at radius 3 is 2.53 bits per heavy atom. The van der Waals surface area contributed by atoms with Crippen LogP contribution in [0.2, 0.25) is 0 Å². The van der Waals surface area contributed by atoms with Crippen LogP contribution in [0.1, 0.15) is 89.8 Å².